The fourth-order valence-electron chi connectivity index (χ4n) is 2.28. The van der Waals surface area contributed by atoms with E-state index in [2.05, 4.69) is 15.0 Å². The Balaban J connectivity index is -0.00000210. The van der Waals surface area contributed by atoms with E-state index in [1.807, 2.05) is 0 Å². The van der Waals surface area contributed by atoms with Gasteiger partial charge in [0.1, 0.15) is 0 Å². The number of H-pyrrole nitrogens is 1. The van der Waals surface area contributed by atoms with Crippen molar-refractivity contribution in [2.75, 3.05) is 31.5 Å². The van der Waals surface area contributed by atoms with Crippen LogP contribution in [0.25, 0.3) is 11.2 Å². The third kappa shape index (κ3) is 14.8. The summed E-state index contributed by atoms with van der Waals surface area (Å²) in [4.78, 5) is 64.6. The van der Waals surface area contributed by atoms with Gasteiger partial charge in [-0.05, 0) is 20.2 Å². The number of ether oxygens (including phenoxy) is 2. The standard InChI is InChI=1S/C12H21N5O9P2.4Na/c13-12-15-10-9(11(18)16-12)14-6-17(10)4-8(5-25-7-28(22,23)24)26-2-1-3-27(19,20)21;;;;/h6,8H,1-5,7H2,(H2,19,20,21)(H2,22,23,24)(H3,13,15,16,18);;;;/q;4*+1/p-4/t8-;;;;/m1..../s1. The van der Waals surface area contributed by atoms with Crippen molar-refractivity contribution in [1.82, 2.24) is 19.5 Å². The summed E-state index contributed by atoms with van der Waals surface area (Å²) in [6, 6.07) is 0. The Kier molecular flexibility index (Phi) is 21.6. The minimum atomic E-state index is -4.89. The monoisotopic (exact) mass is 529 g/mol. The van der Waals surface area contributed by atoms with Crippen LogP contribution < -0.4 is 149 Å². The van der Waals surface area contributed by atoms with E-state index in [1.165, 1.54) is 10.9 Å². The third-order valence-corrected chi connectivity index (χ3v) is 4.74. The van der Waals surface area contributed by atoms with Gasteiger partial charge in [-0.25, -0.2) is 4.98 Å². The van der Waals surface area contributed by atoms with Crippen LogP contribution in [-0.4, -0.2) is 51.3 Å². The van der Waals surface area contributed by atoms with Gasteiger partial charge in [-0.15, -0.1) is 0 Å². The molecule has 14 nitrogen and oxygen atoms in total. The predicted octanol–water partition coefficient (Wildman–Crippen LogP) is -15.7. The minimum Gasteiger partial charge on any atom is -0.811 e. The van der Waals surface area contributed by atoms with E-state index in [4.69, 9.17) is 15.2 Å². The molecule has 0 bridgehead atoms. The van der Waals surface area contributed by atoms with E-state index in [0.717, 1.165) is 0 Å². The molecule has 0 saturated heterocycles. The summed E-state index contributed by atoms with van der Waals surface area (Å²) in [7, 11) is -9.57. The summed E-state index contributed by atoms with van der Waals surface area (Å²) in [6.45, 7) is -0.502. The molecule has 20 heteroatoms. The first-order valence-electron chi connectivity index (χ1n) is 7.87. The number of fused-ring (bicyclic) bond motifs is 1. The number of nitrogens with two attached hydrogens (primary N) is 1. The van der Waals surface area contributed by atoms with Gasteiger partial charge in [0.25, 0.3) is 5.56 Å². The molecular weight excluding hydrogens is 512 g/mol. The number of nitrogens with one attached hydrogen (secondary N) is 1. The molecule has 3 N–H and O–H groups in total. The van der Waals surface area contributed by atoms with E-state index >= 15 is 0 Å². The SMILES string of the molecule is Nc1nc2c(ncn2C[C@H](COCP(=O)([O-])[O-])OCCCP(=O)([O-])[O-])c(=O)[nH]1.[Na+].[Na+].[Na+].[Na+]. The number of nitrogen functional groups attached to an aromatic ring is 1. The Hall–Kier alpha value is 2.37. The topological polar surface area (TPSA) is 234 Å². The van der Waals surface area contributed by atoms with Crippen LogP contribution in [0.2, 0.25) is 0 Å². The molecule has 2 heterocycles. The van der Waals surface area contributed by atoms with Gasteiger partial charge in [-0.3, -0.25) is 9.78 Å². The molecule has 0 radical (unpaired) electrons. The maximum atomic E-state index is 11.8. The smallest absolute Gasteiger partial charge is 0.811 e. The Morgan fingerprint density at radius 1 is 1.12 bits per heavy atom. The van der Waals surface area contributed by atoms with E-state index in [9.17, 15) is 33.5 Å². The van der Waals surface area contributed by atoms with E-state index in [1.54, 1.807) is 0 Å². The molecule has 0 unspecified atom stereocenters. The molecule has 2 rings (SSSR count). The first-order valence-corrected chi connectivity index (χ1v) is 11.3. The Morgan fingerprint density at radius 2 is 1.75 bits per heavy atom. The number of rotatable bonds is 11. The van der Waals surface area contributed by atoms with E-state index < -0.39 is 39.4 Å². The zero-order chi connectivity index (χ0) is 20.9. The number of anilines is 1. The minimum absolute atomic E-state index is 0. The van der Waals surface area contributed by atoms with E-state index in [0.29, 0.717) is 0 Å². The molecule has 2 aromatic heterocycles. The van der Waals surface area contributed by atoms with Crippen molar-refractivity contribution >= 4 is 32.3 Å². The van der Waals surface area contributed by atoms with Crippen molar-refractivity contribution in [1.29, 1.82) is 0 Å². The number of hydrogen-bond acceptors (Lipinski definition) is 12. The zero-order valence-electron chi connectivity index (χ0n) is 18.4. The molecule has 0 aliphatic rings. The second-order valence-corrected chi connectivity index (χ2v) is 8.96. The van der Waals surface area contributed by atoms with Crippen LogP contribution in [0, 0.1) is 0 Å². The largest absolute Gasteiger partial charge is 1.00 e. The Bertz CT molecular complexity index is 966. The molecule has 0 saturated carbocycles. The number of aromatic nitrogens is 4. The van der Waals surface area contributed by atoms with Crippen molar-refractivity contribution in [2.45, 2.75) is 19.1 Å². The van der Waals surface area contributed by atoms with Gasteiger partial charge in [-0.2, -0.15) is 4.98 Å². The van der Waals surface area contributed by atoms with Crippen molar-refractivity contribution in [2.24, 2.45) is 0 Å². The third-order valence-electron chi connectivity index (χ3n) is 3.38. The molecule has 0 aliphatic heterocycles. The first-order chi connectivity index (χ1) is 12.9. The summed E-state index contributed by atoms with van der Waals surface area (Å²) < 4.78 is 33.0. The number of nitrogens with zero attached hydrogens (tertiary/aromatic N) is 3. The number of hydrogen-bond donors (Lipinski definition) is 2. The molecule has 0 aromatic carbocycles. The summed E-state index contributed by atoms with van der Waals surface area (Å²) in [5.41, 5.74) is 5.09. The van der Waals surface area contributed by atoms with Gasteiger partial charge in [0.05, 0.1) is 31.9 Å². The molecule has 0 spiro atoms. The van der Waals surface area contributed by atoms with Crippen molar-refractivity contribution in [3.63, 3.8) is 0 Å². The van der Waals surface area contributed by atoms with Crippen LogP contribution in [0.15, 0.2) is 11.1 Å². The average molecular weight is 529 g/mol. The van der Waals surface area contributed by atoms with Crippen LogP contribution >= 0.6 is 15.2 Å². The summed E-state index contributed by atoms with van der Waals surface area (Å²) >= 11 is 0. The Labute approximate surface area is 271 Å². The average Bonchev–Trinajstić information content (AvgIpc) is 2.92. The van der Waals surface area contributed by atoms with Crippen LogP contribution in [0.4, 0.5) is 5.95 Å². The molecular formula is C12H17N5Na4O9P2. The van der Waals surface area contributed by atoms with Gasteiger partial charge in [-0.1, -0.05) is 7.60 Å². The zero-order valence-corrected chi connectivity index (χ0v) is 28.2. The molecule has 1 atom stereocenters. The van der Waals surface area contributed by atoms with Crippen molar-refractivity contribution in [3.05, 3.63) is 16.7 Å². The van der Waals surface area contributed by atoms with Gasteiger partial charge in [0, 0.05) is 6.61 Å². The van der Waals surface area contributed by atoms with Crippen LogP contribution in [0.3, 0.4) is 0 Å². The predicted molar refractivity (Wildman–Crippen MR) is 87.8 cm³/mol. The van der Waals surface area contributed by atoms with Crippen LogP contribution in [0.5, 0.6) is 0 Å². The maximum Gasteiger partial charge on any atom is 1.00 e. The first kappa shape index (κ1) is 38.9. The molecule has 0 aliphatic carbocycles. The normalized spacial score (nSPS) is 12.1. The summed E-state index contributed by atoms with van der Waals surface area (Å²) in [6.07, 6.45) is -1.34. The van der Waals surface area contributed by atoms with Crippen molar-refractivity contribution in [3.8, 4) is 0 Å². The number of imidazole rings is 1. The molecule has 0 amide bonds. The van der Waals surface area contributed by atoms with Gasteiger partial charge >= 0.3 is 118 Å². The van der Waals surface area contributed by atoms with E-state index in [-0.39, 0.29) is 162 Å². The Morgan fingerprint density at radius 3 is 2.31 bits per heavy atom. The van der Waals surface area contributed by atoms with Gasteiger partial charge < -0.3 is 48.5 Å². The maximum absolute atomic E-state index is 11.8. The quantitative estimate of drug-likeness (QED) is 0.157. The van der Waals surface area contributed by atoms with Crippen molar-refractivity contribution < 1.29 is 156 Å². The molecule has 2 aromatic rings. The van der Waals surface area contributed by atoms with Crippen LogP contribution in [0.1, 0.15) is 6.42 Å². The molecule has 0 fully saturated rings. The fraction of sp³-hybridized carbons (Fsp3) is 0.583. The molecule has 158 valence electrons. The summed E-state index contributed by atoms with van der Waals surface area (Å²) in [5, 5.41) is 0. The molecule has 32 heavy (non-hydrogen) atoms. The van der Waals surface area contributed by atoms with Gasteiger partial charge in [0.2, 0.25) is 5.95 Å². The fourth-order valence-corrected chi connectivity index (χ4v) is 3.13. The second-order valence-electron chi connectivity index (χ2n) is 5.81. The number of aromatic amines is 1. The second kappa shape index (κ2) is 17.8. The summed E-state index contributed by atoms with van der Waals surface area (Å²) in [5.74, 6) is -0.145. The van der Waals surface area contributed by atoms with Gasteiger partial charge in [0.15, 0.2) is 11.2 Å². The van der Waals surface area contributed by atoms with Crippen LogP contribution in [-0.2, 0) is 25.1 Å².